The van der Waals surface area contributed by atoms with Gasteiger partial charge in [-0.05, 0) is 42.8 Å². The van der Waals surface area contributed by atoms with Crippen LogP contribution in [0.5, 0.6) is 11.5 Å². The van der Waals surface area contributed by atoms with Crippen LogP contribution in [0.15, 0.2) is 59.0 Å². The molecular formula is C21H21N7O3S. The maximum Gasteiger partial charge on any atom is 0.275 e. The molecule has 0 spiro atoms. The summed E-state index contributed by atoms with van der Waals surface area (Å²) in [6.07, 6.45) is 3.18. The Labute approximate surface area is 188 Å². The molecule has 0 aliphatic heterocycles. The van der Waals surface area contributed by atoms with E-state index in [0.717, 1.165) is 16.8 Å². The van der Waals surface area contributed by atoms with E-state index in [-0.39, 0.29) is 11.7 Å². The summed E-state index contributed by atoms with van der Waals surface area (Å²) in [5.74, 6) is 1.72. The van der Waals surface area contributed by atoms with Gasteiger partial charge in [0.1, 0.15) is 6.33 Å². The van der Waals surface area contributed by atoms with Gasteiger partial charge in [-0.2, -0.15) is 19.4 Å². The molecule has 0 aliphatic carbocycles. The monoisotopic (exact) mass is 451 g/mol. The molecule has 2 aromatic carbocycles. The number of anilines is 1. The van der Waals surface area contributed by atoms with Crippen LogP contribution in [-0.2, 0) is 4.79 Å². The topological polar surface area (TPSA) is 108 Å². The Bertz CT molecular complexity index is 1260. The molecule has 1 N–H and O–H groups in total. The number of fused-ring (bicyclic) bond motifs is 1. The normalized spacial score (nSPS) is 11.2. The Hall–Kier alpha value is -3.86. The van der Waals surface area contributed by atoms with Crippen LogP contribution in [0.2, 0.25) is 0 Å². The van der Waals surface area contributed by atoms with Crippen LogP contribution >= 0.6 is 11.8 Å². The smallest absolute Gasteiger partial charge is 0.275 e. The van der Waals surface area contributed by atoms with E-state index in [9.17, 15) is 4.79 Å². The molecule has 0 unspecified atom stereocenters. The molecule has 2 aromatic heterocycles. The molecule has 4 aromatic rings. The van der Waals surface area contributed by atoms with E-state index >= 15 is 0 Å². The highest BCUT2D eigenvalue weighted by Gasteiger charge is 2.13. The van der Waals surface area contributed by atoms with Gasteiger partial charge in [0.25, 0.3) is 5.78 Å². The van der Waals surface area contributed by atoms with Crippen molar-refractivity contribution < 1.29 is 14.3 Å². The van der Waals surface area contributed by atoms with Gasteiger partial charge in [0.15, 0.2) is 11.5 Å². The minimum Gasteiger partial charge on any atom is -0.493 e. The van der Waals surface area contributed by atoms with Crippen LogP contribution in [0.1, 0.15) is 11.1 Å². The minimum atomic E-state index is -0.137. The number of carbonyl (C=O) groups is 1. The molecule has 10 nitrogen and oxygen atoms in total. The standard InChI is InChI=1S/C21H21N7O3S/c1-14-4-7-16(8-5-14)24-19(29)12-32-21-26-25-20-27(13-23-28(20)21)22-11-15-6-9-17(30-2)18(10-15)31-3/h4-11,13H,12H2,1-3H3,(H,24,29). The van der Waals surface area contributed by atoms with Crippen molar-refractivity contribution in [3.8, 4) is 11.5 Å². The van der Waals surface area contributed by atoms with Gasteiger partial charge in [0.05, 0.1) is 26.2 Å². The molecule has 0 atom stereocenters. The Kier molecular flexibility index (Phi) is 6.36. The molecular weight excluding hydrogens is 430 g/mol. The molecule has 0 bridgehead atoms. The third-order valence-electron chi connectivity index (χ3n) is 4.48. The van der Waals surface area contributed by atoms with Crippen LogP contribution in [0.25, 0.3) is 5.78 Å². The van der Waals surface area contributed by atoms with Gasteiger partial charge < -0.3 is 14.8 Å². The van der Waals surface area contributed by atoms with Gasteiger partial charge in [-0.3, -0.25) is 4.79 Å². The zero-order valence-corrected chi connectivity index (χ0v) is 18.5. The number of methoxy groups -OCH3 is 2. The number of carbonyl (C=O) groups excluding carboxylic acids is 1. The van der Waals surface area contributed by atoms with Crippen molar-refractivity contribution in [2.75, 3.05) is 25.3 Å². The van der Waals surface area contributed by atoms with E-state index in [1.165, 1.54) is 27.3 Å². The van der Waals surface area contributed by atoms with E-state index in [1.54, 1.807) is 26.5 Å². The first kappa shape index (κ1) is 21.4. The molecule has 0 aliphatic rings. The average Bonchev–Trinajstić information content (AvgIpc) is 3.40. The number of rotatable bonds is 8. The van der Waals surface area contributed by atoms with Crippen molar-refractivity contribution >= 4 is 35.3 Å². The molecule has 32 heavy (non-hydrogen) atoms. The molecule has 0 radical (unpaired) electrons. The number of hydrogen-bond donors (Lipinski definition) is 1. The summed E-state index contributed by atoms with van der Waals surface area (Å²) < 4.78 is 13.6. The first-order chi connectivity index (χ1) is 15.6. The number of amides is 1. The number of hydrogen-bond acceptors (Lipinski definition) is 8. The second-order valence-electron chi connectivity index (χ2n) is 6.73. The maximum atomic E-state index is 12.2. The summed E-state index contributed by atoms with van der Waals surface area (Å²) in [6, 6.07) is 13.1. The van der Waals surface area contributed by atoms with Crippen molar-refractivity contribution in [3.63, 3.8) is 0 Å². The van der Waals surface area contributed by atoms with Crippen molar-refractivity contribution in [2.45, 2.75) is 12.1 Å². The van der Waals surface area contributed by atoms with E-state index in [4.69, 9.17) is 9.47 Å². The van der Waals surface area contributed by atoms with Gasteiger partial charge >= 0.3 is 0 Å². The Morgan fingerprint density at radius 3 is 2.66 bits per heavy atom. The van der Waals surface area contributed by atoms with E-state index < -0.39 is 0 Å². The molecule has 0 saturated heterocycles. The zero-order chi connectivity index (χ0) is 22.5. The summed E-state index contributed by atoms with van der Waals surface area (Å²) in [5.41, 5.74) is 2.70. The molecule has 164 valence electrons. The van der Waals surface area contributed by atoms with Gasteiger partial charge in [-0.15, -0.1) is 10.2 Å². The summed E-state index contributed by atoms with van der Waals surface area (Å²) in [6.45, 7) is 2.00. The van der Waals surface area contributed by atoms with Crippen LogP contribution in [0.3, 0.4) is 0 Å². The van der Waals surface area contributed by atoms with Crippen LogP contribution in [0.4, 0.5) is 5.69 Å². The number of nitrogens with zero attached hydrogens (tertiary/aromatic N) is 6. The van der Waals surface area contributed by atoms with Crippen LogP contribution in [-0.4, -0.2) is 56.6 Å². The van der Waals surface area contributed by atoms with Crippen molar-refractivity contribution in [1.29, 1.82) is 0 Å². The minimum absolute atomic E-state index is 0.137. The molecule has 0 saturated carbocycles. The predicted molar refractivity (Wildman–Crippen MR) is 122 cm³/mol. The fourth-order valence-electron chi connectivity index (χ4n) is 2.85. The molecule has 2 heterocycles. The number of aryl methyl sites for hydroxylation is 1. The lowest BCUT2D eigenvalue weighted by Gasteiger charge is -2.07. The maximum absolute atomic E-state index is 12.2. The van der Waals surface area contributed by atoms with E-state index in [1.807, 2.05) is 43.3 Å². The molecule has 1 amide bonds. The SMILES string of the molecule is COc1ccc(C=Nn2cnn3c(SCC(=O)Nc4ccc(C)cc4)nnc23)cc1OC. The van der Waals surface area contributed by atoms with E-state index in [2.05, 4.69) is 25.7 Å². The van der Waals surface area contributed by atoms with Crippen LogP contribution < -0.4 is 14.8 Å². The first-order valence-corrected chi connectivity index (χ1v) is 10.6. The second kappa shape index (κ2) is 9.52. The summed E-state index contributed by atoms with van der Waals surface area (Å²) in [4.78, 5) is 12.2. The average molecular weight is 452 g/mol. The largest absolute Gasteiger partial charge is 0.493 e. The lowest BCUT2D eigenvalue weighted by atomic mass is 10.2. The van der Waals surface area contributed by atoms with Gasteiger partial charge in [-0.1, -0.05) is 29.5 Å². The van der Waals surface area contributed by atoms with Gasteiger partial charge in [0, 0.05) is 5.69 Å². The lowest BCUT2D eigenvalue weighted by Crippen LogP contribution is -2.14. The quantitative estimate of drug-likeness (QED) is 0.324. The zero-order valence-electron chi connectivity index (χ0n) is 17.7. The highest BCUT2D eigenvalue weighted by atomic mass is 32.2. The second-order valence-corrected chi connectivity index (χ2v) is 7.67. The van der Waals surface area contributed by atoms with Crippen molar-refractivity contribution in [1.82, 2.24) is 24.5 Å². The summed E-state index contributed by atoms with van der Waals surface area (Å²) in [5, 5.41) is 20.2. The molecule has 11 heteroatoms. The summed E-state index contributed by atoms with van der Waals surface area (Å²) >= 11 is 1.24. The predicted octanol–water partition coefficient (Wildman–Crippen LogP) is 2.86. The van der Waals surface area contributed by atoms with Gasteiger partial charge in [-0.25, -0.2) is 0 Å². The Balaban J connectivity index is 1.42. The fraction of sp³-hybridized carbons (Fsp3) is 0.190. The number of thioether (sulfide) groups is 1. The van der Waals surface area contributed by atoms with Crippen molar-refractivity contribution in [3.05, 3.63) is 59.9 Å². The number of ether oxygens (including phenoxy) is 2. The van der Waals surface area contributed by atoms with Gasteiger partial charge in [0.2, 0.25) is 11.1 Å². The third kappa shape index (κ3) is 4.72. The highest BCUT2D eigenvalue weighted by Crippen LogP contribution is 2.27. The number of benzene rings is 2. The van der Waals surface area contributed by atoms with Crippen LogP contribution in [0, 0.1) is 6.92 Å². The molecule has 0 fully saturated rings. The fourth-order valence-corrected chi connectivity index (χ4v) is 3.53. The first-order valence-electron chi connectivity index (χ1n) is 9.62. The third-order valence-corrected chi connectivity index (χ3v) is 5.40. The molecule has 4 rings (SSSR count). The number of nitrogens with one attached hydrogen (secondary N) is 1. The Morgan fingerprint density at radius 2 is 1.91 bits per heavy atom. The Morgan fingerprint density at radius 1 is 1.12 bits per heavy atom. The van der Waals surface area contributed by atoms with E-state index in [0.29, 0.717) is 22.4 Å². The van der Waals surface area contributed by atoms with Crippen molar-refractivity contribution in [2.24, 2.45) is 5.10 Å². The lowest BCUT2D eigenvalue weighted by molar-refractivity contribution is -0.113. The summed E-state index contributed by atoms with van der Waals surface area (Å²) in [7, 11) is 3.16. The highest BCUT2D eigenvalue weighted by molar-refractivity contribution is 7.99. The number of aromatic nitrogens is 5.